The molecule has 3 aromatic carbocycles. The molecule has 3 atom stereocenters. The van der Waals surface area contributed by atoms with Gasteiger partial charge in [-0.1, -0.05) is 6.58 Å². The Bertz CT molecular complexity index is 3350. The van der Waals surface area contributed by atoms with Gasteiger partial charge in [-0.2, -0.15) is 0 Å². The lowest BCUT2D eigenvalue weighted by molar-refractivity contribution is -0.220. The van der Waals surface area contributed by atoms with E-state index < -0.39 is 46.4 Å². The summed E-state index contributed by atoms with van der Waals surface area (Å²) in [5, 5.41) is 15.8. The van der Waals surface area contributed by atoms with Gasteiger partial charge in [0.2, 0.25) is 17.2 Å². The van der Waals surface area contributed by atoms with E-state index in [1.54, 1.807) is 77.1 Å². The fraction of sp³-hybridized carbons (Fsp3) is 0.271. The molecule has 1 N–H and O–H groups in total. The normalized spacial score (nSPS) is 13.9. The van der Waals surface area contributed by atoms with Gasteiger partial charge in [0.15, 0.2) is 33.5 Å². The molecular formula is C48H42O15. The third kappa shape index (κ3) is 7.97. The molecule has 0 aliphatic heterocycles. The van der Waals surface area contributed by atoms with Crippen LogP contribution in [0.25, 0.3) is 65.8 Å². The highest BCUT2D eigenvalue weighted by Crippen LogP contribution is 2.39. The van der Waals surface area contributed by atoms with Gasteiger partial charge in [0.05, 0.1) is 30.0 Å². The Morgan fingerprint density at radius 3 is 1.33 bits per heavy atom. The second-order valence-corrected chi connectivity index (χ2v) is 16.4. The molecule has 324 valence electrons. The molecule has 6 heterocycles. The van der Waals surface area contributed by atoms with Crippen molar-refractivity contribution in [1.29, 1.82) is 0 Å². The predicted molar refractivity (Wildman–Crippen MR) is 232 cm³/mol. The smallest absolute Gasteiger partial charge is 0.336 e. The number of benzene rings is 3. The summed E-state index contributed by atoms with van der Waals surface area (Å²) in [6.07, 6.45) is 1.41. The van der Waals surface area contributed by atoms with Crippen LogP contribution in [0.4, 0.5) is 0 Å². The number of furan rings is 3. The average molecular weight is 859 g/mol. The van der Waals surface area contributed by atoms with E-state index >= 15 is 0 Å². The van der Waals surface area contributed by atoms with E-state index in [-0.39, 0.29) is 53.8 Å². The highest BCUT2D eigenvalue weighted by atomic mass is 16.6. The van der Waals surface area contributed by atoms with E-state index in [0.29, 0.717) is 49.3 Å². The van der Waals surface area contributed by atoms with E-state index in [0.717, 1.165) is 5.39 Å². The summed E-state index contributed by atoms with van der Waals surface area (Å²) in [5.74, 6) is 0.524. The zero-order valence-electron chi connectivity index (χ0n) is 34.9. The van der Waals surface area contributed by atoms with E-state index in [4.69, 9.17) is 50.2 Å². The topological polar surface area (TPSA) is 196 Å². The van der Waals surface area contributed by atoms with Crippen molar-refractivity contribution in [3.05, 3.63) is 135 Å². The second-order valence-electron chi connectivity index (χ2n) is 16.4. The minimum atomic E-state index is -1.38. The zero-order chi connectivity index (χ0) is 44.2. The number of aliphatic hydroxyl groups excluding tert-OH is 1. The van der Waals surface area contributed by atoms with Crippen LogP contribution in [-0.2, 0) is 9.47 Å². The molecule has 0 saturated carbocycles. The lowest BCUT2D eigenvalue weighted by atomic mass is 9.97. The maximum Gasteiger partial charge on any atom is 0.336 e. The number of fused-ring (bicyclic) bond motifs is 6. The van der Waals surface area contributed by atoms with E-state index in [1.807, 2.05) is 12.1 Å². The fourth-order valence-corrected chi connectivity index (χ4v) is 7.43. The largest absolute Gasteiger partial charge is 0.483 e. The lowest BCUT2D eigenvalue weighted by Gasteiger charge is -2.42. The van der Waals surface area contributed by atoms with Crippen LogP contribution in [0.2, 0.25) is 0 Å². The standard InChI is InChI=1S/C48H42O15/c1-25(2)32(22-56-44-38-29(13-16-53-38)19-26-7-10-35(50)59-41(26)44)62-48(5,6)34(24-58-46-40-31(15-18-55-40)21-28-9-12-37(52)61-43(28)46)63-47(3,4)33(49)23-57-45-39-30(14-17-54-39)20-27-8-11-36(51)60-42(27)45/h7-21,32-34,49H,1,22-24H2,2-6H3/t32-,33-,34-/m1/s1. The van der Waals surface area contributed by atoms with Crippen molar-refractivity contribution in [2.24, 2.45) is 0 Å². The first-order valence-electron chi connectivity index (χ1n) is 20.0. The Balaban J connectivity index is 1.02. The van der Waals surface area contributed by atoms with Gasteiger partial charge in [-0.25, -0.2) is 14.4 Å². The highest BCUT2D eigenvalue weighted by molar-refractivity contribution is 6.01. The predicted octanol–water partition coefficient (Wildman–Crippen LogP) is 9.05. The Morgan fingerprint density at radius 2 is 0.921 bits per heavy atom. The summed E-state index contributed by atoms with van der Waals surface area (Å²) < 4.78 is 66.7. The first-order valence-corrected chi connectivity index (χ1v) is 20.0. The molecule has 0 aliphatic rings. The van der Waals surface area contributed by atoms with Gasteiger partial charge >= 0.3 is 16.9 Å². The van der Waals surface area contributed by atoms with Crippen molar-refractivity contribution in [2.75, 3.05) is 19.8 Å². The van der Waals surface area contributed by atoms with Crippen molar-refractivity contribution in [1.82, 2.24) is 0 Å². The van der Waals surface area contributed by atoms with Crippen molar-refractivity contribution in [2.45, 2.75) is 64.1 Å². The van der Waals surface area contributed by atoms with E-state index in [1.165, 1.54) is 37.0 Å². The quantitative estimate of drug-likeness (QED) is 0.0713. The number of rotatable bonds is 16. The Morgan fingerprint density at radius 1 is 0.540 bits per heavy atom. The average Bonchev–Trinajstić information content (AvgIpc) is 4.03. The minimum absolute atomic E-state index is 0.0936. The van der Waals surface area contributed by atoms with Crippen LogP contribution < -0.4 is 31.1 Å². The SMILES string of the molecule is C=C(C)[C@@H](COc1c2occc2cc2ccc(=O)oc12)OC(C)(C)[C@@H](COc1c2occc2cc2ccc(=O)oc12)OC(C)(C)[C@H](O)COc1c2occc2cc2ccc(=O)oc12. The third-order valence-corrected chi connectivity index (χ3v) is 11.0. The van der Waals surface area contributed by atoms with Crippen LogP contribution in [0.15, 0.2) is 145 Å². The molecule has 0 spiro atoms. The van der Waals surface area contributed by atoms with Crippen LogP contribution in [0.3, 0.4) is 0 Å². The summed E-state index contributed by atoms with van der Waals surface area (Å²) in [6.45, 7) is 12.3. The molecule has 0 unspecified atom stereocenters. The third-order valence-electron chi connectivity index (χ3n) is 11.0. The lowest BCUT2D eigenvalue weighted by Crippen LogP contribution is -2.54. The molecule has 0 aliphatic carbocycles. The van der Waals surface area contributed by atoms with Crippen molar-refractivity contribution >= 4 is 65.8 Å². The molecule has 9 rings (SSSR count). The van der Waals surface area contributed by atoms with Crippen LogP contribution in [0.5, 0.6) is 17.2 Å². The molecular weight excluding hydrogens is 817 g/mol. The van der Waals surface area contributed by atoms with Crippen LogP contribution in [0.1, 0.15) is 34.6 Å². The molecule has 15 heteroatoms. The van der Waals surface area contributed by atoms with Crippen LogP contribution >= 0.6 is 0 Å². The molecule has 0 bridgehead atoms. The summed E-state index contributed by atoms with van der Waals surface area (Å²) in [6, 6.07) is 19.6. The molecule has 63 heavy (non-hydrogen) atoms. The Labute approximate surface area is 356 Å². The van der Waals surface area contributed by atoms with Crippen molar-refractivity contribution in [3.63, 3.8) is 0 Å². The molecule has 0 saturated heterocycles. The zero-order valence-corrected chi connectivity index (χ0v) is 34.9. The molecule has 0 fully saturated rings. The highest BCUT2D eigenvalue weighted by Gasteiger charge is 2.42. The first-order chi connectivity index (χ1) is 30.1. The maximum atomic E-state index is 12.5. The second kappa shape index (κ2) is 16.0. The maximum absolute atomic E-state index is 12.5. The molecule has 0 radical (unpaired) electrons. The summed E-state index contributed by atoms with van der Waals surface area (Å²) in [5.41, 5.74) is -2.18. The molecule has 6 aromatic heterocycles. The van der Waals surface area contributed by atoms with Gasteiger partial charge in [0.1, 0.15) is 38.1 Å². The van der Waals surface area contributed by atoms with E-state index in [2.05, 4.69) is 6.58 Å². The summed E-state index contributed by atoms with van der Waals surface area (Å²) in [4.78, 5) is 37.0. The van der Waals surface area contributed by atoms with Gasteiger partial charge in [-0.15, -0.1) is 0 Å². The van der Waals surface area contributed by atoms with Crippen molar-refractivity contribution in [3.8, 4) is 17.2 Å². The van der Waals surface area contributed by atoms with Crippen LogP contribution in [-0.4, -0.2) is 54.4 Å². The van der Waals surface area contributed by atoms with E-state index in [9.17, 15) is 19.5 Å². The van der Waals surface area contributed by atoms with Gasteiger partial charge in [-0.3, -0.25) is 0 Å². The summed E-state index contributed by atoms with van der Waals surface area (Å²) >= 11 is 0. The van der Waals surface area contributed by atoms with Gasteiger partial charge in [0.25, 0.3) is 0 Å². The Hall–Kier alpha value is -7.07. The van der Waals surface area contributed by atoms with Crippen LogP contribution in [0, 0.1) is 0 Å². The first kappa shape index (κ1) is 41.3. The van der Waals surface area contributed by atoms with Gasteiger partial charge < -0.3 is 55.3 Å². The number of hydrogen-bond acceptors (Lipinski definition) is 15. The van der Waals surface area contributed by atoms with Crippen molar-refractivity contribution < 1.29 is 55.3 Å². The minimum Gasteiger partial charge on any atom is -0.483 e. The van der Waals surface area contributed by atoms with Gasteiger partial charge in [0, 0.05) is 50.5 Å². The summed E-state index contributed by atoms with van der Waals surface area (Å²) in [7, 11) is 0. The number of hydrogen-bond donors (Lipinski definition) is 1. The molecule has 0 amide bonds. The number of aliphatic hydroxyl groups is 1. The Kier molecular flexibility index (Phi) is 10.5. The van der Waals surface area contributed by atoms with Gasteiger partial charge in [-0.05, 0) is 94.8 Å². The number of ether oxygens (including phenoxy) is 5. The monoisotopic (exact) mass is 858 g/mol. The molecule has 9 aromatic rings. The fourth-order valence-electron chi connectivity index (χ4n) is 7.43. The molecule has 15 nitrogen and oxygen atoms in total.